The molecule has 0 atom stereocenters. The Labute approximate surface area is 159 Å². The van der Waals surface area contributed by atoms with Gasteiger partial charge in [0.05, 0.1) is 6.61 Å². The van der Waals surface area contributed by atoms with Crippen LogP contribution in [0.5, 0.6) is 5.75 Å². The molecule has 7 heteroatoms. The molecule has 7 nitrogen and oxygen atoms in total. The normalized spacial score (nSPS) is 14.1. The van der Waals surface area contributed by atoms with Gasteiger partial charge in [0.2, 0.25) is 5.91 Å². The monoisotopic (exact) mass is 370 g/mol. The number of nitrogens with zero attached hydrogens (tertiary/aromatic N) is 2. The van der Waals surface area contributed by atoms with E-state index in [1.165, 1.54) is 4.68 Å². The first-order chi connectivity index (χ1) is 13.1. The molecule has 0 bridgehead atoms. The molecule has 1 aliphatic rings. The van der Waals surface area contributed by atoms with Crippen molar-refractivity contribution in [3.05, 3.63) is 41.6 Å². The van der Waals surface area contributed by atoms with Crippen LogP contribution in [0, 0.1) is 5.92 Å². The molecule has 0 saturated heterocycles. The van der Waals surface area contributed by atoms with Crippen molar-refractivity contribution < 1.29 is 14.3 Å². The molecule has 144 valence electrons. The highest BCUT2D eigenvalue weighted by Crippen LogP contribution is 2.26. The summed E-state index contributed by atoms with van der Waals surface area (Å²) in [5, 5.41) is 9.95. The summed E-state index contributed by atoms with van der Waals surface area (Å²) >= 11 is 0. The van der Waals surface area contributed by atoms with E-state index in [1.54, 1.807) is 13.1 Å². The standard InChI is InChI=1S/C20H26N4O3/c1-3-27-16-10-8-14(9-11-16)13-21-20(26)17-12-18(24(2)23-17)22-19(25)15-6-4-5-7-15/h8-12,15H,3-7,13H2,1-2H3,(H,21,26)(H,22,25). The second-order valence-corrected chi connectivity index (χ2v) is 6.77. The fourth-order valence-electron chi connectivity index (χ4n) is 3.25. The molecule has 27 heavy (non-hydrogen) atoms. The number of anilines is 1. The highest BCUT2D eigenvalue weighted by molar-refractivity contribution is 5.96. The first kappa shape index (κ1) is 18.9. The second-order valence-electron chi connectivity index (χ2n) is 6.77. The van der Waals surface area contributed by atoms with Crippen LogP contribution >= 0.6 is 0 Å². The first-order valence-electron chi connectivity index (χ1n) is 9.41. The van der Waals surface area contributed by atoms with Crippen LogP contribution in [-0.2, 0) is 18.4 Å². The highest BCUT2D eigenvalue weighted by Gasteiger charge is 2.24. The number of aromatic nitrogens is 2. The maximum absolute atomic E-state index is 12.4. The fraction of sp³-hybridized carbons (Fsp3) is 0.450. The summed E-state index contributed by atoms with van der Waals surface area (Å²) in [7, 11) is 1.72. The van der Waals surface area contributed by atoms with Crippen molar-refractivity contribution in [1.82, 2.24) is 15.1 Å². The maximum Gasteiger partial charge on any atom is 0.272 e. The van der Waals surface area contributed by atoms with Gasteiger partial charge in [-0.3, -0.25) is 14.3 Å². The largest absolute Gasteiger partial charge is 0.494 e. The molecule has 1 aromatic heterocycles. The lowest BCUT2D eigenvalue weighted by Gasteiger charge is -2.09. The van der Waals surface area contributed by atoms with Gasteiger partial charge in [0.25, 0.3) is 5.91 Å². The summed E-state index contributed by atoms with van der Waals surface area (Å²) in [5.74, 6) is 1.15. The Morgan fingerprint density at radius 1 is 1.22 bits per heavy atom. The lowest BCUT2D eigenvalue weighted by Crippen LogP contribution is -2.23. The van der Waals surface area contributed by atoms with Gasteiger partial charge >= 0.3 is 0 Å². The molecule has 1 aromatic carbocycles. The maximum atomic E-state index is 12.4. The van der Waals surface area contributed by atoms with Gasteiger partial charge in [0.1, 0.15) is 11.6 Å². The van der Waals surface area contributed by atoms with Crippen LogP contribution in [0.25, 0.3) is 0 Å². The third kappa shape index (κ3) is 4.87. The van der Waals surface area contributed by atoms with Gasteiger partial charge in [0.15, 0.2) is 5.69 Å². The van der Waals surface area contributed by atoms with Gasteiger partial charge < -0.3 is 15.4 Å². The Hall–Kier alpha value is -2.83. The van der Waals surface area contributed by atoms with E-state index in [4.69, 9.17) is 4.74 Å². The minimum atomic E-state index is -0.277. The predicted octanol–water partition coefficient (Wildman–Crippen LogP) is 2.88. The summed E-state index contributed by atoms with van der Waals surface area (Å²) in [4.78, 5) is 24.6. The molecule has 2 amide bonds. The summed E-state index contributed by atoms with van der Waals surface area (Å²) in [6, 6.07) is 9.19. The van der Waals surface area contributed by atoms with E-state index in [1.807, 2.05) is 31.2 Å². The second kappa shape index (κ2) is 8.70. The minimum Gasteiger partial charge on any atom is -0.494 e. The van der Waals surface area contributed by atoms with Gasteiger partial charge in [-0.2, -0.15) is 5.10 Å². The summed E-state index contributed by atoms with van der Waals surface area (Å²) in [5.41, 5.74) is 1.25. The summed E-state index contributed by atoms with van der Waals surface area (Å²) < 4.78 is 6.93. The van der Waals surface area contributed by atoms with E-state index >= 15 is 0 Å². The van der Waals surface area contributed by atoms with Gasteiger partial charge in [0, 0.05) is 25.6 Å². The number of carbonyl (C=O) groups excluding carboxylic acids is 2. The van der Waals surface area contributed by atoms with Crippen LogP contribution in [0.4, 0.5) is 5.82 Å². The van der Waals surface area contributed by atoms with Crippen molar-refractivity contribution in [3.8, 4) is 5.75 Å². The minimum absolute atomic E-state index is 0.0110. The Morgan fingerprint density at radius 3 is 2.59 bits per heavy atom. The summed E-state index contributed by atoms with van der Waals surface area (Å²) in [6.45, 7) is 2.95. The average molecular weight is 370 g/mol. The average Bonchev–Trinajstić information content (AvgIpc) is 3.32. The molecule has 1 saturated carbocycles. The molecule has 0 radical (unpaired) electrons. The third-order valence-corrected chi connectivity index (χ3v) is 4.78. The van der Waals surface area contributed by atoms with E-state index in [9.17, 15) is 9.59 Å². The van der Waals surface area contributed by atoms with Gasteiger partial charge in [-0.1, -0.05) is 25.0 Å². The van der Waals surface area contributed by atoms with Gasteiger partial charge in [-0.05, 0) is 37.5 Å². The zero-order valence-electron chi connectivity index (χ0n) is 15.8. The Bertz CT molecular complexity index is 792. The van der Waals surface area contributed by atoms with E-state index in [2.05, 4.69) is 15.7 Å². The predicted molar refractivity (Wildman–Crippen MR) is 103 cm³/mol. The Kier molecular flexibility index (Phi) is 6.11. The van der Waals surface area contributed by atoms with Crippen LogP contribution in [0.1, 0.15) is 48.7 Å². The van der Waals surface area contributed by atoms with Crippen molar-refractivity contribution in [2.75, 3.05) is 11.9 Å². The van der Waals surface area contributed by atoms with E-state index < -0.39 is 0 Å². The lowest BCUT2D eigenvalue weighted by atomic mass is 10.1. The quantitative estimate of drug-likeness (QED) is 0.785. The molecule has 0 aliphatic heterocycles. The molecule has 2 aromatic rings. The molecule has 1 fully saturated rings. The van der Waals surface area contributed by atoms with Gasteiger partial charge in [-0.25, -0.2) is 0 Å². The van der Waals surface area contributed by atoms with Crippen LogP contribution < -0.4 is 15.4 Å². The molecule has 2 N–H and O–H groups in total. The first-order valence-corrected chi connectivity index (χ1v) is 9.41. The van der Waals surface area contributed by atoms with Crippen molar-refractivity contribution in [1.29, 1.82) is 0 Å². The number of amides is 2. The van der Waals surface area contributed by atoms with E-state index in [0.29, 0.717) is 19.0 Å². The van der Waals surface area contributed by atoms with Crippen LogP contribution in [-0.4, -0.2) is 28.2 Å². The molecule has 3 rings (SSSR count). The SMILES string of the molecule is CCOc1ccc(CNC(=O)c2cc(NC(=O)C3CCCC3)n(C)n2)cc1. The number of ether oxygens (including phenoxy) is 1. The number of aryl methyl sites for hydroxylation is 1. The van der Waals surface area contributed by atoms with Crippen LogP contribution in [0.2, 0.25) is 0 Å². The fourth-order valence-corrected chi connectivity index (χ4v) is 3.25. The molecular weight excluding hydrogens is 344 g/mol. The number of hydrogen-bond donors (Lipinski definition) is 2. The zero-order chi connectivity index (χ0) is 19.2. The van der Waals surface area contributed by atoms with Crippen molar-refractivity contribution in [2.24, 2.45) is 13.0 Å². The van der Waals surface area contributed by atoms with E-state index in [-0.39, 0.29) is 23.4 Å². The van der Waals surface area contributed by atoms with Crippen LogP contribution in [0.3, 0.4) is 0 Å². The van der Waals surface area contributed by atoms with Crippen molar-refractivity contribution >= 4 is 17.6 Å². The van der Waals surface area contributed by atoms with Crippen molar-refractivity contribution in [2.45, 2.75) is 39.2 Å². The Morgan fingerprint density at radius 2 is 1.93 bits per heavy atom. The molecule has 0 unspecified atom stereocenters. The number of carbonyl (C=O) groups is 2. The molecular formula is C20H26N4O3. The Balaban J connectivity index is 1.56. The number of nitrogens with one attached hydrogen (secondary N) is 2. The smallest absolute Gasteiger partial charge is 0.272 e. The van der Waals surface area contributed by atoms with Crippen molar-refractivity contribution in [3.63, 3.8) is 0 Å². The van der Waals surface area contributed by atoms with Crippen LogP contribution in [0.15, 0.2) is 30.3 Å². The zero-order valence-corrected chi connectivity index (χ0v) is 15.8. The third-order valence-electron chi connectivity index (χ3n) is 4.78. The molecule has 1 heterocycles. The number of benzene rings is 1. The number of rotatable bonds is 7. The molecule has 0 spiro atoms. The summed E-state index contributed by atoms with van der Waals surface area (Å²) in [6.07, 6.45) is 4.06. The van der Waals surface area contributed by atoms with E-state index in [0.717, 1.165) is 37.0 Å². The molecule has 1 aliphatic carbocycles. The topological polar surface area (TPSA) is 85.3 Å². The highest BCUT2D eigenvalue weighted by atomic mass is 16.5. The number of hydrogen-bond acceptors (Lipinski definition) is 4. The van der Waals surface area contributed by atoms with Gasteiger partial charge in [-0.15, -0.1) is 0 Å². The lowest BCUT2D eigenvalue weighted by molar-refractivity contribution is -0.119.